The molecule has 0 heterocycles. The first-order valence-electron chi connectivity index (χ1n) is 9.46. The number of benzene rings is 2. The number of hydrogen-bond acceptors (Lipinski definition) is 0. The van der Waals surface area contributed by atoms with Crippen LogP contribution in [0, 0.1) is 5.92 Å². The molecule has 1 aliphatic rings. The van der Waals surface area contributed by atoms with Gasteiger partial charge in [0.2, 0.25) is 0 Å². The molecule has 2 aromatic carbocycles. The monoisotopic (exact) mass is 334 g/mol. The second-order valence-corrected chi connectivity index (χ2v) is 11.9. The van der Waals surface area contributed by atoms with Crippen molar-refractivity contribution in [3.8, 4) is 0 Å². The molecule has 0 nitrogen and oxygen atoms in total. The zero-order valence-corrected chi connectivity index (χ0v) is 16.0. The van der Waals surface area contributed by atoms with Gasteiger partial charge in [-0.25, -0.2) is 0 Å². The zero-order chi connectivity index (χ0) is 16.8. The molecule has 0 aliphatic heterocycles. The van der Waals surface area contributed by atoms with Gasteiger partial charge in [-0.3, -0.25) is 0 Å². The van der Waals surface area contributed by atoms with E-state index >= 15 is 0 Å². The van der Waals surface area contributed by atoms with E-state index in [0.717, 1.165) is 5.92 Å². The van der Waals surface area contributed by atoms with Crippen molar-refractivity contribution in [3.63, 3.8) is 0 Å². The fourth-order valence-corrected chi connectivity index (χ4v) is 8.05. The Morgan fingerprint density at radius 1 is 0.917 bits per heavy atom. The molecule has 0 atom stereocenters. The average Bonchev–Trinajstić information content (AvgIpc) is 3.15. The van der Waals surface area contributed by atoms with Crippen molar-refractivity contribution < 1.29 is 0 Å². The molecule has 0 bridgehead atoms. The van der Waals surface area contributed by atoms with Crippen LogP contribution in [0.15, 0.2) is 72.8 Å². The average molecular weight is 335 g/mol. The van der Waals surface area contributed by atoms with Gasteiger partial charge in [0.05, 0.1) is 0 Å². The normalized spacial score (nSPS) is 15.5. The van der Waals surface area contributed by atoms with Crippen LogP contribution in [0.1, 0.15) is 38.5 Å². The second kappa shape index (κ2) is 7.98. The summed E-state index contributed by atoms with van der Waals surface area (Å²) in [4.78, 5) is 0. The molecule has 1 heteroatoms. The van der Waals surface area contributed by atoms with Crippen LogP contribution in [0.5, 0.6) is 0 Å². The lowest BCUT2D eigenvalue weighted by atomic mass is 9.99. The zero-order valence-electron chi connectivity index (χ0n) is 15.0. The Bertz CT molecular complexity index is 599. The maximum absolute atomic E-state index is 4.49. The number of rotatable bonds is 7. The van der Waals surface area contributed by atoms with Gasteiger partial charge in [-0.2, -0.15) is 0 Å². The lowest BCUT2D eigenvalue weighted by Gasteiger charge is -2.30. The molecule has 1 aliphatic carbocycles. The van der Waals surface area contributed by atoms with Gasteiger partial charge in [-0.1, -0.05) is 109 Å². The van der Waals surface area contributed by atoms with Crippen LogP contribution in [-0.4, -0.2) is 8.07 Å². The van der Waals surface area contributed by atoms with Crippen LogP contribution in [0.25, 0.3) is 0 Å². The number of allylic oxidation sites excluding steroid dienone is 1. The quantitative estimate of drug-likeness (QED) is 0.469. The Morgan fingerprint density at radius 3 is 1.92 bits per heavy atom. The van der Waals surface area contributed by atoms with Crippen LogP contribution in [0.2, 0.25) is 12.6 Å². The minimum atomic E-state index is -1.74. The molecule has 0 saturated heterocycles. The summed E-state index contributed by atoms with van der Waals surface area (Å²) in [5.74, 6) is 0.961. The second-order valence-electron chi connectivity index (χ2n) is 7.68. The molecule has 0 radical (unpaired) electrons. The largest absolute Gasteiger partial charge is 0.119 e. The van der Waals surface area contributed by atoms with Crippen LogP contribution in [-0.2, 0) is 0 Å². The molecule has 0 N–H and O–H groups in total. The Morgan fingerprint density at radius 2 is 1.42 bits per heavy atom. The maximum atomic E-state index is 4.49. The van der Waals surface area contributed by atoms with Crippen molar-refractivity contribution in [1.82, 2.24) is 0 Å². The molecule has 1 saturated carbocycles. The Hall–Kier alpha value is -1.60. The summed E-state index contributed by atoms with van der Waals surface area (Å²) >= 11 is 0. The molecule has 0 amide bonds. The highest BCUT2D eigenvalue weighted by Crippen LogP contribution is 2.31. The van der Waals surface area contributed by atoms with E-state index in [2.05, 4.69) is 73.8 Å². The van der Waals surface area contributed by atoms with Crippen molar-refractivity contribution in [2.75, 3.05) is 0 Å². The maximum Gasteiger partial charge on any atom is 0.119 e. The summed E-state index contributed by atoms with van der Waals surface area (Å²) in [7, 11) is -1.74. The predicted octanol–water partition coefficient (Wildman–Crippen LogP) is 5.41. The first-order valence-corrected chi connectivity index (χ1v) is 12.2. The van der Waals surface area contributed by atoms with Crippen molar-refractivity contribution in [2.24, 2.45) is 5.92 Å². The van der Waals surface area contributed by atoms with Gasteiger partial charge in [0, 0.05) is 0 Å². The fourth-order valence-electron chi connectivity index (χ4n) is 4.28. The first-order chi connectivity index (χ1) is 11.7. The van der Waals surface area contributed by atoms with Gasteiger partial charge >= 0.3 is 0 Å². The van der Waals surface area contributed by atoms with Crippen molar-refractivity contribution >= 4 is 18.4 Å². The van der Waals surface area contributed by atoms with E-state index in [-0.39, 0.29) is 0 Å². The van der Waals surface area contributed by atoms with Crippen molar-refractivity contribution in [1.29, 1.82) is 0 Å². The molecule has 0 aromatic heterocycles. The fraction of sp³-hybridized carbons (Fsp3) is 0.391. The van der Waals surface area contributed by atoms with Crippen LogP contribution >= 0.6 is 0 Å². The third-order valence-corrected chi connectivity index (χ3v) is 10.2. The molecule has 3 rings (SSSR count). The number of hydrogen-bond donors (Lipinski definition) is 0. The summed E-state index contributed by atoms with van der Waals surface area (Å²) < 4.78 is 0. The first kappa shape index (κ1) is 17.2. The highest BCUT2D eigenvalue weighted by atomic mass is 28.3. The van der Waals surface area contributed by atoms with Crippen LogP contribution in [0.4, 0.5) is 0 Å². The topological polar surface area (TPSA) is 0 Å². The third kappa shape index (κ3) is 4.07. The Kier molecular flexibility index (Phi) is 5.73. The lowest BCUT2D eigenvalue weighted by Crippen LogP contribution is -2.55. The predicted molar refractivity (Wildman–Crippen MR) is 109 cm³/mol. The van der Waals surface area contributed by atoms with Gasteiger partial charge < -0.3 is 0 Å². The van der Waals surface area contributed by atoms with E-state index in [1.165, 1.54) is 60.5 Å². The van der Waals surface area contributed by atoms with Crippen LogP contribution in [0.3, 0.4) is 0 Å². The Balaban J connectivity index is 1.76. The van der Waals surface area contributed by atoms with Crippen molar-refractivity contribution in [2.45, 2.75) is 51.1 Å². The van der Waals surface area contributed by atoms with E-state index in [1.54, 1.807) is 0 Å². The molecule has 24 heavy (non-hydrogen) atoms. The summed E-state index contributed by atoms with van der Waals surface area (Å²) in [6, 6.07) is 23.5. The van der Waals surface area contributed by atoms with Gasteiger partial charge in [0.15, 0.2) is 0 Å². The van der Waals surface area contributed by atoms with E-state index in [4.69, 9.17) is 0 Å². The molecule has 0 unspecified atom stereocenters. The van der Waals surface area contributed by atoms with Crippen LogP contribution < -0.4 is 10.4 Å². The smallest absolute Gasteiger partial charge is 0.100 e. The molecule has 126 valence electrons. The highest BCUT2D eigenvalue weighted by Gasteiger charge is 2.32. The minimum Gasteiger partial charge on any atom is -0.100 e. The van der Waals surface area contributed by atoms with Gasteiger partial charge in [0.1, 0.15) is 8.07 Å². The van der Waals surface area contributed by atoms with Gasteiger partial charge in [-0.05, 0) is 24.8 Å². The summed E-state index contributed by atoms with van der Waals surface area (Å²) in [5.41, 5.74) is 1.46. The molecular weight excluding hydrogens is 304 g/mol. The van der Waals surface area contributed by atoms with Crippen molar-refractivity contribution in [3.05, 3.63) is 72.8 Å². The standard InChI is InChI=1S/C23H30Si/c1-20(17-18-21-11-9-10-12-21)19-24(2,22-13-5-3-6-14-22)23-15-7-4-8-16-23/h3-8,13-16,21H,1,9-12,17-19H2,2H3. The summed E-state index contributed by atoms with van der Waals surface area (Å²) in [6.45, 7) is 7.00. The summed E-state index contributed by atoms with van der Waals surface area (Å²) in [6.07, 6.45) is 8.34. The molecule has 0 spiro atoms. The highest BCUT2D eigenvalue weighted by molar-refractivity contribution is 7.01. The van der Waals surface area contributed by atoms with E-state index in [0.29, 0.717) is 0 Å². The lowest BCUT2D eigenvalue weighted by molar-refractivity contribution is 0.503. The molecular formula is C23H30Si. The third-order valence-electron chi connectivity index (χ3n) is 5.81. The summed E-state index contributed by atoms with van der Waals surface area (Å²) in [5, 5.41) is 3.05. The Labute approximate surface area is 148 Å². The van der Waals surface area contributed by atoms with Gasteiger partial charge in [-0.15, -0.1) is 6.58 Å². The SMILES string of the molecule is C=C(CCC1CCCC1)C[Si](C)(c1ccccc1)c1ccccc1. The van der Waals surface area contributed by atoms with E-state index in [1.807, 2.05) is 0 Å². The molecule has 2 aromatic rings. The minimum absolute atomic E-state index is 0.961. The van der Waals surface area contributed by atoms with E-state index < -0.39 is 8.07 Å². The molecule has 1 fully saturated rings. The van der Waals surface area contributed by atoms with E-state index in [9.17, 15) is 0 Å². The van der Waals surface area contributed by atoms with Gasteiger partial charge in [0.25, 0.3) is 0 Å².